The van der Waals surface area contributed by atoms with Crippen LogP contribution in [0.1, 0.15) is 35.7 Å². The Kier molecular flexibility index (Phi) is 7.23. The molecule has 2 aliphatic rings. The van der Waals surface area contributed by atoms with Crippen LogP contribution in [0.4, 0.5) is 23.2 Å². The van der Waals surface area contributed by atoms with E-state index in [9.17, 15) is 22.4 Å². The van der Waals surface area contributed by atoms with Gasteiger partial charge in [-0.15, -0.1) is 0 Å². The summed E-state index contributed by atoms with van der Waals surface area (Å²) >= 11 is 4.91. The van der Waals surface area contributed by atoms with E-state index in [-0.39, 0.29) is 23.5 Å². The largest absolute Gasteiger partial charge is 0.414 e. The molecule has 1 amide bonds. The van der Waals surface area contributed by atoms with Crippen molar-refractivity contribution in [2.24, 2.45) is 5.92 Å². The Morgan fingerprint density at radius 1 is 1.21 bits per heavy atom. The highest BCUT2D eigenvalue weighted by molar-refractivity contribution is 9.10. The maximum Gasteiger partial charge on any atom is 0.414 e. The predicted octanol–water partition coefficient (Wildman–Crippen LogP) is 5.77. The number of carbonyl (C=O) groups excluding carboxylic acids is 1. The smallest absolute Gasteiger partial charge is 0.380 e. The van der Waals surface area contributed by atoms with Crippen molar-refractivity contribution in [1.29, 1.82) is 0 Å². The Labute approximate surface area is 202 Å². The maximum atomic E-state index is 13.9. The second-order valence-electron chi connectivity index (χ2n) is 8.54. The second-order valence-corrected chi connectivity index (χ2v) is 10.6. The summed E-state index contributed by atoms with van der Waals surface area (Å²) in [5.74, 6) is 0.395. The number of nitrogens with one attached hydrogen (secondary N) is 1. The number of anilines is 1. The number of thioether (sulfide) groups is 1. The molecule has 0 radical (unpaired) electrons. The van der Waals surface area contributed by atoms with Crippen molar-refractivity contribution < 1.29 is 22.4 Å². The lowest BCUT2D eigenvalue weighted by Gasteiger charge is -2.33. The highest BCUT2D eigenvalue weighted by atomic mass is 79.9. The summed E-state index contributed by atoms with van der Waals surface area (Å²) in [5.41, 5.74) is 2.31. The van der Waals surface area contributed by atoms with E-state index in [1.54, 1.807) is 23.9 Å². The number of pyridine rings is 1. The normalized spacial score (nSPS) is 19.8. The van der Waals surface area contributed by atoms with Gasteiger partial charge in [-0.2, -0.15) is 24.9 Å². The Balaban J connectivity index is 1.46. The van der Waals surface area contributed by atoms with Gasteiger partial charge in [0.1, 0.15) is 5.82 Å². The molecule has 2 heterocycles. The molecule has 1 fully saturated rings. The molecule has 2 aromatic rings. The molecule has 4 nitrogen and oxygen atoms in total. The molecule has 0 bridgehead atoms. The zero-order valence-corrected chi connectivity index (χ0v) is 20.4. The molecule has 1 aromatic heterocycles. The van der Waals surface area contributed by atoms with Gasteiger partial charge in [-0.1, -0.05) is 0 Å². The molecule has 10 heteroatoms. The van der Waals surface area contributed by atoms with E-state index in [2.05, 4.69) is 26.2 Å². The van der Waals surface area contributed by atoms with Crippen molar-refractivity contribution in [2.45, 2.75) is 43.9 Å². The van der Waals surface area contributed by atoms with E-state index in [1.165, 1.54) is 25.4 Å². The van der Waals surface area contributed by atoms with Crippen molar-refractivity contribution in [1.82, 2.24) is 9.88 Å². The van der Waals surface area contributed by atoms with E-state index in [0.29, 0.717) is 35.8 Å². The molecule has 1 aliphatic heterocycles. The van der Waals surface area contributed by atoms with Gasteiger partial charge in [-0.05, 0) is 88.5 Å². The fourth-order valence-corrected chi connectivity index (χ4v) is 6.05. The number of benzene rings is 1. The van der Waals surface area contributed by atoms with Gasteiger partial charge in [0.2, 0.25) is 5.91 Å². The number of aromatic nitrogens is 1. The Hall–Kier alpha value is -1.81. The zero-order valence-electron chi connectivity index (χ0n) is 18.0. The summed E-state index contributed by atoms with van der Waals surface area (Å²) in [6.07, 6.45) is -0.789. The van der Waals surface area contributed by atoms with Crippen LogP contribution in [0, 0.1) is 11.7 Å². The van der Waals surface area contributed by atoms with Crippen LogP contribution in [0.5, 0.6) is 0 Å². The molecule has 0 saturated carbocycles. The van der Waals surface area contributed by atoms with E-state index in [1.807, 2.05) is 0 Å². The third kappa shape index (κ3) is 5.48. The first-order valence-electron chi connectivity index (χ1n) is 10.7. The first-order chi connectivity index (χ1) is 15.6. The Bertz CT molecular complexity index is 981. The van der Waals surface area contributed by atoms with Crippen molar-refractivity contribution in [3.8, 4) is 0 Å². The molecule has 2 unspecified atom stereocenters. The van der Waals surface area contributed by atoms with E-state index < -0.39 is 18.1 Å². The van der Waals surface area contributed by atoms with Crippen LogP contribution in [0.3, 0.4) is 0 Å². The maximum absolute atomic E-state index is 13.9. The summed E-state index contributed by atoms with van der Waals surface area (Å²) in [6.45, 7) is 0. The van der Waals surface area contributed by atoms with Gasteiger partial charge >= 0.3 is 6.18 Å². The molecule has 1 N–H and O–H groups in total. The molecular weight excluding hydrogens is 522 g/mol. The molecule has 33 heavy (non-hydrogen) atoms. The minimum Gasteiger partial charge on any atom is -0.380 e. The number of hydrogen-bond donors (Lipinski definition) is 1. The van der Waals surface area contributed by atoms with Crippen molar-refractivity contribution in [3.63, 3.8) is 0 Å². The summed E-state index contributed by atoms with van der Waals surface area (Å²) < 4.78 is 56.0. The highest BCUT2D eigenvalue weighted by Crippen LogP contribution is 2.38. The molecule has 1 saturated heterocycles. The monoisotopic (exact) mass is 545 g/mol. The standard InChI is InChI=1S/C23H24BrF4N3OS/c1-31(22(32)13-4-6-33-7-5-13)21(23(26,27)28)20-3-2-16(12-29-20)30-17-8-14-10-18(24)19(25)11-15(14)9-17/h2-3,10-13,17,21,30H,4-9H2,1H3. The summed E-state index contributed by atoms with van der Waals surface area (Å²) in [7, 11) is 1.21. The number of hydrogen-bond acceptors (Lipinski definition) is 4. The lowest BCUT2D eigenvalue weighted by atomic mass is 9.99. The minimum atomic E-state index is -4.64. The van der Waals surface area contributed by atoms with E-state index in [4.69, 9.17) is 0 Å². The Morgan fingerprint density at radius 3 is 2.48 bits per heavy atom. The number of carbonyl (C=O) groups is 1. The summed E-state index contributed by atoms with van der Waals surface area (Å²) in [6, 6.07) is 4.04. The van der Waals surface area contributed by atoms with Gasteiger partial charge in [0, 0.05) is 19.0 Å². The van der Waals surface area contributed by atoms with Gasteiger partial charge in [0.05, 0.1) is 22.1 Å². The van der Waals surface area contributed by atoms with Gasteiger partial charge in [0.25, 0.3) is 0 Å². The SMILES string of the molecule is CN(C(=O)C1CCSCC1)C(c1ccc(NC2Cc3cc(F)c(Br)cc3C2)cn1)C(F)(F)F. The number of nitrogens with zero attached hydrogens (tertiary/aromatic N) is 2. The van der Waals surface area contributed by atoms with Crippen molar-refractivity contribution in [2.75, 3.05) is 23.9 Å². The third-order valence-corrected chi connectivity index (χ3v) is 7.88. The summed E-state index contributed by atoms with van der Waals surface area (Å²) in [4.78, 5) is 17.6. The molecule has 178 valence electrons. The fraction of sp³-hybridized carbons (Fsp3) is 0.478. The topological polar surface area (TPSA) is 45.2 Å². The van der Waals surface area contributed by atoms with Crippen molar-refractivity contribution in [3.05, 3.63) is 57.6 Å². The number of halogens is 5. The van der Waals surface area contributed by atoms with E-state index in [0.717, 1.165) is 27.5 Å². The van der Waals surface area contributed by atoms with Crippen LogP contribution in [-0.4, -0.2) is 46.6 Å². The first-order valence-corrected chi connectivity index (χ1v) is 12.7. The number of alkyl halides is 3. The minimum absolute atomic E-state index is 0.00631. The average molecular weight is 546 g/mol. The van der Waals surface area contributed by atoms with Crippen molar-refractivity contribution >= 4 is 39.3 Å². The zero-order chi connectivity index (χ0) is 23.8. The first kappa shape index (κ1) is 24.3. The van der Waals surface area contributed by atoms with Gasteiger partial charge in [0.15, 0.2) is 6.04 Å². The molecule has 0 spiro atoms. The third-order valence-electron chi connectivity index (χ3n) is 6.23. The lowest BCUT2D eigenvalue weighted by Crippen LogP contribution is -2.43. The number of fused-ring (bicyclic) bond motifs is 1. The highest BCUT2D eigenvalue weighted by Gasteiger charge is 2.47. The van der Waals surface area contributed by atoms with Gasteiger partial charge in [-0.3, -0.25) is 9.78 Å². The average Bonchev–Trinajstić information content (AvgIpc) is 3.15. The fourth-order valence-electron chi connectivity index (χ4n) is 4.55. The van der Waals surface area contributed by atoms with Crippen LogP contribution in [0.25, 0.3) is 0 Å². The lowest BCUT2D eigenvalue weighted by molar-refractivity contribution is -0.191. The van der Waals surface area contributed by atoms with Gasteiger partial charge < -0.3 is 10.2 Å². The molecule has 4 rings (SSSR count). The van der Waals surface area contributed by atoms with Crippen LogP contribution in [-0.2, 0) is 17.6 Å². The molecule has 2 atom stereocenters. The second kappa shape index (κ2) is 9.82. The molecule has 1 aliphatic carbocycles. The molecule has 1 aromatic carbocycles. The van der Waals surface area contributed by atoms with Crippen LogP contribution >= 0.6 is 27.7 Å². The number of rotatable bonds is 5. The quantitative estimate of drug-likeness (QED) is 0.484. The van der Waals surface area contributed by atoms with Crippen LogP contribution in [0.2, 0.25) is 0 Å². The van der Waals surface area contributed by atoms with E-state index >= 15 is 0 Å². The molecular formula is C23H24BrF4N3OS. The Morgan fingerprint density at radius 2 is 1.88 bits per heavy atom. The predicted molar refractivity (Wildman–Crippen MR) is 125 cm³/mol. The van der Waals surface area contributed by atoms with Crippen LogP contribution < -0.4 is 5.32 Å². The van der Waals surface area contributed by atoms with Gasteiger partial charge in [-0.25, -0.2) is 4.39 Å². The summed E-state index contributed by atoms with van der Waals surface area (Å²) in [5, 5.41) is 3.27. The number of amides is 1. The van der Waals surface area contributed by atoms with Crippen LogP contribution in [0.15, 0.2) is 34.9 Å².